The van der Waals surface area contributed by atoms with Crippen molar-refractivity contribution in [3.8, 4) is 0 Å². The number of hydrogen-bond acceptors (Lipinski definition) is 5. The molecule has 40 heavy (non-hydrogen) atoms. The van der Waals surface area contributed by atoms with Gasteiger partial charge in [-0.25, -0.2) is 0 Å². The lowest BCUT2D eigenvalue weighted by Crippen LogP contribution is -2.70. The van der Waals surface area contributed by atoms with Crippen LogP contribution >= 0.6 is 0 Å². The second kappa shape index (κ2) is 11.2. The standard InChI is InChI=1S/C35H52O5/c1-21(2)13-12-18-33(11)25(16-14-22(3)4)19-34-20-27(32(9,10)39)40-30(34)26(17-15-23(5)6)29(37)35(33,31(34)38)28(36)24(7)8/h13-15,24-25,27,39H,12,16-20H2,1-11H3/t25-,27-,33+,34-,35-/m0/s1. The highest BCUT2D eigenvalue weighted by Gasteiger charge is 2.78. The van der Waals surface area contributed by atoms with Crippen molar-refractivity contribution in [2.45, 2.75) is 126 Å². The summed E-state index contributed by atoms with van der Waals surface area (Å²) in [6.07, 6.45) is 8.67. The summed E-state index contributed by atoms with van der Waals surface area (Å²) in [4.78, 5) is 44.8. The van der Waals surface area contributed by atoms with Gasteiger partial charge in [-0.1, -0.05) is 55.7 Å². The molecule has 5 heteroatoms. The summed E-state index contributed by atoms with van der Waals surface area (Å²) in [5.74, 6) is -1.12. The Morgan fingerprint density at radius 3 is 2.08 bits per heavy atom. The van der Waals surface area contributed by atoms with Crippen LogP contribution in [0, 0.1) is 28.1 Å². The summed E-state index contributed by atoms with van der Waals surface area (Å²) in [6, 6.07) is 0. The first kappa shape index (κ1) is 32.2. The molecule has 1 aliphatic heterocycles. The Hall–Kier alpha value is -2.27. The molecule has 2 aliphatic carbocycles. The smallest absolute Gasteiger partial charge is 0.184 e. The van der Waals surface area contributed by atoms with Crippen molar-refractivity contribution in [1.82, 2.24) is 0 Å². The maximum Gasteiger partial charge on any atom is 0.184 e. The number of carbonyl (C=O) groups excluding carboxylic acids is 3. The Labute approximate surface area is 242 Å². The van der Waals surface area contributed by atoms with E-state index in [4.69, 9.17) is 4.74 Å². The number of Topliss-reactive ketones (excluding diaryl/α,β-unsaturated/α-hetero) is 3. The highest BCUT2D eigenvalue weighted by molar-refractivity contribution is 6.33. The van der Waals surface area contributed by atoms with Crippen LogP contribution in [-0.2, 0) is 19.1 Å². The van der Waals surface area contributed by atoms with Gasteiger partial charge in [0.05, 0.1) is 11.0 Å². The normalized spacial score (nSPS) is 31.5. The van der Waals surface area contributed by atoms with Crippen LogP contribution in [0.4, 0.5) is 0 Å². The lowest BCUT2D eigenvalue weighted by molar-refractivity contribution is -0.178. The Balaban J connectivity index is 2.45. The molecule has 1 N–H and O–H groups in total. The molecule has 2 fully saturated rings. The summed E-state index contributed by atoms with van der Waals surface area (Å²) >= 11 is 0. The second-order valence-electron chi connectivity index (χ2n) is 14.4. The molecule has 1 heterocycles. The van der Waals surface area contributed by atoms with Crippen molar-refractivity contribution in [2.75, 3.05) is 0 Å². The van der Waals surface area contributed by atoms with E-state index in [2.05, 4.69) is 26.0 Å². The predicted octanol–water partition coefficient (Wildman–Crippen LogP) is 7.64. The van der Waals surface area contributed by atoms with Crippen molar-refractivity contribution < 1.29 is 24.2 Å². The van der Waals surface area contributed by atoms with E-state index in [1.54, 1.807) is 27.7 Å². The van der Waals surface area contributed by atoms with Crippen LogP contribution in [0.3, 0.4) is 0 Å². The number of rotatable bonds is 10. The first-order chi connectivity index (χ1) is 18.4. The van der Waals surface area contributed by atoms with E-state index in [0.29, 0.717) is 43.4 Å². The SMILES string of the molecule is CC(C)=CCC[C@]1(C)[C@@H](CC=C(C)C)C[C@]23C[C@@H](C(C)(C)O)OC2=C(CC=C(C)C)C(=O)[C@@]1(C(=O)C(C)C)C3=O. The molecule has 5 atom stereocenters. The number of fused-ring (bicyclic) bond motifs is 1. The molecule has 3 rings (SSSR count). The van der Waals surface area contributed by atoms with Crippen LogP contribution in [0.25, 0.3) is 0 Å². The molecule has 0 unspecified atom stereocenters. The molecule has 1 spiro atoms. The zero-order valence-electron chi connectivity index (χ0n) is 26.8. The number of ether oxygens (including phenoxy) is 1. The van der Waals surface area contributed by atoms with E-state index in [1.165, 1.54) is 11.1 Å². The Kier molecular flexibility index (Phi) is 9.02. The fraction of sp³-hybridized carbons (Fsp3) is 0.686. The van der Waals surface area contributed by atoms with E-state index in [-0.39, 0.29) is 29.7 Å². The van der Waals surface area contributed by atoms with Gasteiger partial charge in [0.25, 0.3) is 0 Å². The van der Waals surface area contributed by atoms with Gasteiger partial charge in [0.2, 0.25) is 0 Å². The Bertz CT molecular complexity index is 1180. The van der Waals surface area contributed by atoms with Gasteiger partial charge in [-0.15, -0.1) is 0 Å². The second-order valence-corrected chi connectivity index (χ2v) is 14.4. The maximum atomic E-state index is 15.2. The number of allylic oxidation sites excluding steroid dienone is 8. The van der Waals surface area contributed by atoms with Gasteiger partial charge in [0, 0.05) is 17.9 Å². The zero-order valence-corrected chi connectivity index (χ0v) is 26.8. The molecule has 3 aliphatic rings. The lowest BCUT2D eigenvalue weighted by Gasteiger charge is -2.60. The third kappa shape index (κ3) is 5.12. The summed E-state index contributed by atoms with van der Waals surface area (Å²) in [7, 11) is 0. The molecule has 1 saturated heterocycles. The summed E-state index contributed by atoms with van der Waals surface area (Å²) in [5.41, 5.74) is -1.16. The van der Waals surface area contributed by atoms with Crippen LogP contribution in [-0.4, -0.2) is 34.2 Å². The minimum absolute atomic E-state index is 0.0959. The highest BCUT2D eigenvalue weighted by atomic mass is 16.5. The number of ketones is 3. The zero-order chi connectivity index (χ0) is 30.4. The van der Waals surface area contributed by atoms with Gasteiger partial charge in [0.1, 0.15) is 11.9 Å². The van der Waals surface area contributed by atoms with Gasteiger partial charge in [-0.05, 0) is 98.8 Å². The van der Waals surface area contributed by atoms with Gasteiger partial charge >= 0.3 is 0 Å². The quantitative estimate of drug-likeness (QED) is 0.223. The highest BCUT2D eigenvalue weighted by Crippen LogP contribution is 2.70. The average molecular weight is 553 g/mol. The van der Waals surface area contributed by atoms with Gasteiger partial charge in [0.15, 0.2) is 22.8 Å². The largest absolute Gasteiger partial charge is 0.490 e. The van der Waals surface area contributed by atoms with E-state index in [9.17, 15) is 9.90 Å². The molecular formula is C35H52O5. The molecule has 0 radical (unpaired) electrons. The van der Waals surface area contributed by atoms with Crippen molar-refractivity contribution in [3.63, 3.8) is 0 Å². The van der Waals surface area contributed by atoms with E-state index < -0.39 is 33.9 Å². The van der Waals surface area contributed by atoms with Crippen LogP contribution in [0.5, 0.6) is 0 Å². The monoisotopic (exact) mass is 552 g/mol. The first-order valence-corrected chi connectivity index (χ1v) is 15.0. The topological polar surface area (TPSA) is 80.7 Å². The fourth-order valence-corrected chi connectivity index (χ4v) is 7.39. The molecule has 0 aromatic carbocycles. The minimum Gasteiger partial charge on any atom is -0.490 e. The minimum atomic E-state index is -1.79. The molecule has 2 bridgehead atoms. The first-order valence-electron chi connectivity index (χ1n) is 15.0. The maximum absolute atomic E-state index is 15.2. The van der Waals surface area contributed by atoms with E-state index in [1.807, 2.05) is 40.7 Å². The van der Waals surface area contributed by atoms with Gasteiger partial charge in [-0.2, -0.15) is 0 Å². The number of carbonyl (C=O) groups is 3. The number of aliphatic hydroxyl groups is 1. The fourth-order valence-electron chi connectivity index (χ4n) is 7.39. The molecule has 222 valence electrons. The average Bonchev–Trinajstić information content (AvgIpc) is 3.21. The van der Waals surface area contributed by atoms with Gasteiger partial charge in [-0.3, -0.25) is 14.4 Å². The van der Waals surface area contributed by atoms with Crippen molar-refractivity contribution in [2.24, 2.45) is 28.1 Å². The van der Waals surface area contributed by atoms with Crippen LogP contribution in [0.15, 0.2) is 46.3 Å². The Morgan fingerprint density at radius 2 is 1.57 bits per heavy atom. The summed E-state index contributed by atoms with van der Waals surface area (Å²) < 4.78 is 6.45. The molecule has 5 nitrogen and oxygen atoms in total. The third-order valence-corrected chi connectivity index (χ3v) is 9.67. The molecule has 1 saturated carbocycles. The van der Waals surface area contributed by atoms with Crippen molar-refractivity contribution in [1.29, 1.82) is 0 Å². The number of hydrogen-bond donors (Lipinski definition) is 1. The van der Waals surface area contributed by atoms with E-state index >= 15 is 9.59 Å². The van der Waals surface area contributed by atoms with E-state index in [0.717, 1.165) is 5.57 Å². The molecule has 0 aromatic rings. The van der Waals surface area contributed by atoms with Gasteiger partial charge < -0.3 is 9.84 Å². The third-order valence-electron chi connectivity index (χ3n) is 9.67. The van der Waals surface area contributed by atoms with Crippen LogP contribution in [0.1, 0.15) is 115 Å². The molecular weight excluding hydrogens is 500 g/mol. The summed E-state index contributed by atoms with van der Waals surface area (Å²) in [5, 5.41) is 11.1. The lowest BCUT2D eigenvalue weighted by atomic mass is 9.38. The summed E-state index contributed by atoms with van der Waals surface area (Å²) in [6.45, 7) is 21.2. The Morgan fingerprint density at radius 1 is 1.00 bits per heavy atom. The van der Waals surface area contributed by atoms with Crippen molar-refractivity contribution >= 4 is 17.3 Å². The molecule has 0 amide bonds. The van der Waals surface area contributed by atoms with Crippen LogP contribution in [0.2, 0.25) is 0 Å². The molecule has 0 aromatic heterocycles. The van der Waals surface area contributed by atoms with Crippen molar-refractivity contribution in [3.05, 3.63) is 46.3 Å². The van der Waals surface area contributed by atoms with Crippen LogP contribution < -0.4 is 0 Å². The predicted molar refractivity (Wildman–Crippen MR) is 161 cm³/mol.